The Kier molecular flexibility index (Phi) is 5.90. The highest BCUT2D eigenvalue weighted by molar-refractivity contribution is 5.84. The largest absolute Gasteiger partial charge is 0.434 e. The normalized spacial score (nSPS) is 11.3. The molecule has 2 rings (SSSR count). The van der Waals surface area contributed by atoms with Crippen molar-refractivity contribution < 1.29 is 40.6 Å². The lowest BCUT2D eigenvalue weighted by Gasteiger charge is -2.19. The molecule has 0 unspecified atom stereocenters. The molecular weight excluding hydrogens is 370 g/mol. The van der Waals surface area contributed by atoms with Gasteiger partial charge in [-0.2, -0.15) is 26.3 Å². The van der Waals surface area contributed by atoms with E-state index >= 15 is 0 Å². The number of hydrogen-bond acceptors (Lipinski definition) is 5. The molecule has 2 aromatic carbocycles. The van der Waals surface area contributed by atoms with E-state index in [0.29, 0.717) is 0 Å². The van der Waals surface area contributed by atoms with Crippen LogP contribution in [0, 0.1) is 0 Å². The lowest BCUT2D eigenvalue weighted by atomic mass is 10.0. The van der Waals surface area contributed by atoms with E-state index in [1.54, 1.807) is 0 Å². The third kappa shape index (κ3) is 4.77. The number of ether oxygens (including phenoxy) is 3. The lowest BCUT2D eigenvalue weighted by molar-refractivity contribution is -0.0547. The molecule has 142 valence electrons. The second kappa shape index (κ2) is 7.93. The number of hydrogen-bond donors (Lipinski definition) is 2. The smallest absolute Gasteiger partial charge is 0.387 e. The summed E-state index contributed by atoms with van der Waals surface area (Å²) in [5.41, 5.74) is 9.99. The van der Waals surface area contributed by atoms with Crippen LogP contribution in [0.5, 0.6) is 17.2 Å². The van der Waals surface area contributed by atoms with Gasteiger partial charge in [-0.3, -0.25) is 0 Å². The van der Waals surface area contributed by atoms with Gasteiger partial charge >= 0.3 is 19.8 Å². The molecule has 0 aliphatic heterocycles. The molecule has 0 aliphatic rings. The third-order valence-electron chi connectivity index (χ3n) is 3.01. The predicted octanol–water partition coefficient (Wildman–Crippen LogP) is 4.32. The summed E-state index contributed by atoms with van der Waals surface area (Å²) >= 11 is 0. The van der Waals surface area contributed by atoms with Gasteiger partial charge in [-0.15, -0.1) is 0 Å². The van der Waals surface area contributed by atoms with Crippen molar-refractivity contribution in [1.82, 2.24) is 0 Å². The summed E-state index contributed by atoms with van der Waals surface area (Å²) in [6.45, 7) is -9.98. The van der Waals surface area contributed by atoms with Crippen LogP contribution in [-0.2, 0) is 0 Å². The molecule has 0 atom stereocenters. The molecule has 0 saturated carbocycles. The second-order valence-corrected chi connectivity index (χ2v) is 4.78. The fraction of sp³-hybridized carbons (Fsp3) is 0.200. The number of rotatable bonds is 7. The SMILES string of the molecule is Nc1ccc(-c2c(OC(F)F)cc(N)cc2OC(F)F)c(OC(F)F)c1. The van der Waals surface area contributed by atoms with Crippen LogP contribution in [-0.4, -0.2) is 19.8 Å². The minimum atomic E-state index is -3.34. The van der Waals surface area contributed by atoms with Crippen molar-refractivity contribution in [2.45, 2.75) is 19.8 Å². The Hall–Kier alpha value is -2.98. The first kappa shape index (κ1) is 19.3. The summed E-state index contributed by atoms with van der Waals surface area (Å²) in [6, 6.07) is 5.11. The molecule has 26 heavy (non-hydrogen) atoms. The molecule has 0 spiro atoms. The quantitative estimate of drug-likeness (QED) is 0.551. The van der Waals surface area contributed by atoms with Crippen molar-refractivity contribution in [3.63, 3.8) is 0 Å². The molecule has 0 aliphatic carbocycles. The summed E-state index contributed by atoms with van der Waals surface area (Å²) in [7, 11) is 0. The van der Waals surface area contributed by atoms with Crippen molar-refractivity contribution in [3.05, 3.63) is 30.3 Å². The number of nitrogen functional groups attached to an aromatic ring is 2. The number of nitrogens with two attached hydrogens (primary N) is 2. The van der Waals surface area contributed by atoms with E-state index in [0.717, 1.165) is 24.3 Å². The van der Waals surface area contributed by atoms with Gasteiger partial charge in [-0.05, 0) is 12.1 Å². The van der Waals surface area contributed by atoms with Crippen molar-refractivity contribution >= 4 is 11.4 Å². The van der Waals surface area contributed by atoms with Crippen LogP contribution in [0.3, 0.4) is 0 Å². The van der Waals surface area contributed by atoms with Gasteiger partial charge in [-0.25, -0.2) is 0 Å². The van der Waals surface area contributed by atoms with Gasteiger partial charge in [0.1, 0.15) is 17.2 Å². The van der Waals surface area contributed by atoms with Gasteiger partial charge < -0.3 is 25.7 Å². The van der Waals surface area contributed by atoms with Crippen molar-refractivity contribution in [2.75, 3.05) is 11.5 Å². The topological polar surface area (TPSA) is 79.7 Å². The molecule has 0 bridgehead atoms. The molecule has 4 N–H and O–H groups in total. The Labute approximate surface area is 143 Å². The molecule has 0 saturated heterocycles. The second-order valence-electron chi connectivity index (χ2n) is 4.78. The number of benzene rings is 2. The van der Waals surface area contributed by atoms with Gasteiger partial charge in [0.25, 0.3) is 0 Å². The van der Waals surface area contributed by atoms with Crippen LogP contribution >= 0.6 is 0 Å². The Morgan fingerprint density at radius 1 is 0.615 bits per heavy atom. The number of alkyl halides is 6. The first-order valence-corrected chi connectivity index (χ1v) is 6.85. The van der Waals surface area contributed by atoms with Gasteiger partial charge in [0.05, 0.1) is 5.56 Å². The molecule has 0 aromatic heterocycles. The molecular formula is C15H12F6N2O3. The summed E-state index contributed by atoms with van der Waals surface area (Å²) in [5, 5.41) is 0. The van der Waals surface area contributed by atoms with E-state index in [1.807, 2.05) is 0 Å². The average molecular weight is 382 g/mol. The van der Waals surface area contributed by atoms with Crippen molar-refractivity contribution in [1.29, 1.82) is 0 Å². The molecule has 0 radical (unpaired) electrons. The zero-order chi connectivity index (χ0) is 19.4. The fourth-order valence-corrected chi connectivity index (χ4v) is 2.19. The van der Waals surface area contributed by atoms with E-state index in [4.69, 9.17) is 11.5 Å². The van der Waals surface area contributed by atoms with E-state index < -0.39 is 42.6 Å². The van der Waals surface area contributed by atoms with Gasteiger partial charge in [-0.1, -0.05) is 0 Å². The molecule has 0 fully saturated rings. The molecule has 0 amide bonds. The van der Waals surface area contributed by atoms with Crippen LogP contribution in [0.4, 0.5) is 37.7 Å². The predicted molar refractivity (Wildman–Crippen MR) is 80.6 cm³/mol. The summed E-state index contributed by atoms with van der Waals surface area (Å²) in [5.74, 6) is -1.89. The summed E-state index contributed by atoms with van der Waals surface area (Å²) < 4.78 is 88.9. The van der Waals surface area contributed by atoms with Gasteiger partial charge in [0.15, 0.2) is 0 Å². The van der Waals surface area contributed by atoms with Crippen LogP contribution < -0.4 is 25.7 Å². The average Bonchev–Trinajstić information content (AvgIpc) is 2.46. The Morgan fingerprint density at radius 3 is 1.50 bits per heavy atom. The number of anilines is 2. The highest BCUT2D eigenvalue weighted by atomic mass is 19.3. The lowest BCUT2D eigenvalue weighted by Crippen LogP contribution is -2.09. The van der Waals surface area contributed by atoms with E-state index in [9.17, 15) is 26.3 Å². The highest BCUT2D eigenvalue weighted by Gasteiger charge is 2.24. The maximum Gasteiger partial charge on any atom is 0.387 e. The maximum atomic E-state index is 12.7. The molecule has 2 aromatic rings. The van der Waals surface area contributed by atoms with Crippen LogP contribution in [0.25, 0.3) is 11.1 Å². The molecule has 5 nitrogen and oxygen atoms in total. The third-order valence-corrected chi connectivity index (χ3v) is 3.01. The first-order chi connectivity index (χ1) is 12.2. The van der Waals surface area contributed by atoms with Crippen LogP contribution in [0.15, 0.2) is 30.3 Å². The van der Waals surface area contributed by atoms with Crippen molar-refractivity contribution in [2.24, 2.45) is 0 Å². The Bertz CT molecular complexity index is 742. The number of halogens is 6. The highest BCUT2D eigenvalue weighted by Crippen LogP contribution is 2.46. The van der Waals surface area contributed by atoms with Gasteiger partial charge in [0.2, 0.25) is 0 Å². The molecule has 0 heterocycles. The monoisotopic (exact) mass is 382 g/mol. The summed E-state index contributed by atoms with van der Waals surface area (Å²) in [4.78, 5) is 0. The zero-order valence-electron chi connectivity index (χ0n) is 12.8. The van der Waals surface area contributed by atoms with Crippen molar-refractivity contribution in [3.8, 4) is 28.4 Å². The minimum Gasteiger partial charge on any atom is -0.434 e. The Morgan fingerprint density at radius 2 is 1.04 bits per heavy atom. The molecule has 11 heteroatoms. The Balaban J connectivity index is 2.73. The van der Waals surface area contributed by atoms with E-state index in [-0.39, 0.29) is 16.9 Å². The maximum absolute atomic E-state index is 12.7. The summed E-state index contributed by atoms with van der Waals surface area (Å²) in [6.07, 6.45) is 0. The van der Waals surface area contributed by atoms with E-state index in [1.165, 1.54) is 6.07 Å². The van der Waals surface area contributed by atoms with Gasteiger partial charge in [0, 0.05) is 35.1 Å². The van der Waals surface area contributed by atoms with Crippen LogP contribution in [0.2, 0.25) is 0 Å². The van der Waals surface area contributed by atoms with E-state index in [2.05, 4.69) is 14.2 Å². The fourth-order valence-electron chi connectivity index (χ4n) is 2.19. The minimum absolute atomic E-state index is 0.00695. The zero-order valence-corrected chi connectivity index (χ0v) is 12.8. The van der Waals surface area contributed by atoms with Crippen LogP contribution in [0.1, 0.15) is 0 Å². The first-order valence-electron chi connectivity index (χ1n) is 6.85. The standard InChI is InChI=1S/C15H12F6N2O3/c16-13(17)24-9-3-6(22)1-2-8(9)12-10(25-14(18)19)4-7(23)5-11(12)26-15(20)21/h1-5,13-15H,22-23H2.